The molecular weight excluding hydrogens is 516 g/mol. The minimum atomic E-state index is -0.894. The van der Waals surface area contributed by atoms with E-state index >= 15 is 0 Å². The number of carbonyl (C=O) groups excluding carboxylic acids is 1. The third-order valence-electron chi connectivity index (χ3n) is 5.13. The van der Waals surface area contributed by atoms with E-state index in [9.17, 15) is 9.90 Å². The van der Waals surface area contributed by atoms with Crippen LogP contribution in [0.15, 0.2) is 20.0 Å². The molecule has 0 bridgehead atoms. The number of ether oxygens (including phenoxy) is 1. The largest absolute Gasteiger partial charge is 0.491 e. The number of hydrogen-bond acceptors (Lipinski definition) is 4. The quantitative estimate of drug-likeness (QED) is 0.170. The van der Waals surface area contributed by atoms with Gasteiger partial charge >= 0.3 is 0 Å². The lowest BCUT2D eigenvalue weighted by Crippen LogP contribution is -2.45. The summed E-state index contributed by atoms with van der Waals surface area (Å²) < 4.78 is 7.53. The van der Waals surface area contributed by atoms with Gasteiger partial charge in [-0.1, -0.05) is 13.8 Å². The summed E-state index contributed by atoms with van der Waals surface area (Å²) in [7, 11) is 0. The zero-order chi connectivity index (χ0) is 22.7. The summed E-state index contributed by atoms with van der Waals surface area (Å²) >= 11 is 7.21. The molecule has 0 aliphatic heterocycles. The number of amides is 1. The van der Waals surface area contributed by atoms with Gasteiger partial charge in [-0.15, -0.1) is 0 Å². The maximum Gasteiger partial charge on any atom is 0.228 e. The molecule has 0 aromatic heterocycles. The standard InChI is InChI=1S/C21H34Br2N4O3/c1-4-10-30-18-16(22)11-15(14(3)17(18)23)12-21(5-2,13-28)19(29)26-8-6-7-9-27-20(24)25/h11,28H,4-10,12-13H2,1-3H3,(H,26,29)(H4,24,25,27). The molecule has 1 aromatic carbocycles. The average Bonchev–Trinajstić information content (AvgIpc) is 2.72. The molecule has 9 heteroatoms. The Bertz CT molecular complexity index is 733. The summed E-state index contributed by atoms with van der Waals surface area (Å²) in [5.74, 6) is 0.685. The van der Waals surface area contributed by atoms with Gasteiger partial charge in [0.1, 0.15) is 5.75 Å². The van der Waals surface area contributed by atoms with Crippen molar-refractivity contribution in [3.05, 3.63) is 26.1 Å². The van der Waals surface area contributed by atoms with Crippen LogP contribution in [0.3, 0.4) is 0 Å². The van der Waals surface area contributed by atoms with Gasteiger partial charge < -0.3 is 26.6 Å². The number of aliphatic hydroxyl groups is 1. The molecule has 0 spiro atoms. The monoisotopic (exact) mass is 548 g/mol. The number of guanidine groups is 1. The molecule has 0 aliphatic rings. The Kier molecular flexibility index (Phi) is 11.7. The highest BCUT2D eigenvalue weighted by Gasteiger charge is 2.37. The zero-order valence-corrected chi connectivity index (χ0v) is 21.2. The van der Waals surface area contributed by atoms with E-state index in [4.69, 9.17) is 16.2 Å². The molecular formula is C21H34Br2N4O3. The Balaban J connectivity index is 2.91. The highest BCUT2D eigenvalue weighted by Crippen LogP contribution is 2.40. The number of hydrogen-bond donors (Lipinski definition) is 4. The number of benzene rings is 1. The second-order valence-electron chi connectivity index (χ2n) is 7.37. The number of rotatable bonds is 13. The van der Waals surface area contributed by atoms with Crippen LogP contribution in [0.1, 0.15) is 50.7 Å². The van der Waals surface area contributed by atoms with Gasteiger partial charge in [0.25, 0.3) is 0 Å². The van der Waals surface area contributed by atoms with Crippen LogP contribution >= 0.6 is 31.9 Å². The molecule has 0 heterocycles. The van der Waals surface area contributed by atoms with Gasteiger partial charge in [-0.05, 0) is 88.1 Å². The molecule has 0 radical (unpaired) electrons. The Morgan fingerprint density at radius 3 is 2.57 bits per heavy atom. The number of carbonyl (C=O) groups is 1. The van der Waals surface area contributed by atoms with Gasteiger partial charge in [0.2, 0.25) is 5.91 Å². The van der Waals surface area contributed by atoms with Crippen LogP contribution in [0.5, 0.6) is 5.75 Å². The smallest absolute Gasteiger partial charge is 0.228 e. The molecule has 0 aliphatic carbocycles. The number of nitrogens with two attached hydrogens (primary N) is 2. The van der Waals surface area contributed by atoms with Crippen LogP contribution < -0.4 is 21.5 Å². The Labute approximate surface area is 196 Å². The molecule has 170 valence electrons. The highest BCUT2D eigenvalue weighted by atomic mass is 79.9. The van der Waals surface area contributed by atoms with Crippen LogP contribution in [0.25, 0.3) is 0 Å². The number of aliphatic imine (C=N–C) groups is 1. The van der Waals surface area contributed by atoms with Crippen molar-refractivity contribution in [2.24, 2.45) is 21.9 Å². The summed E-state index contributed by atoms with van der Waals surface area (Å²) in [6.45, 7) is 7.40. The first-order valence-electron chi connectivity index (χ1n) is 10.3. The number of nitrogens with one attached hydrogen (secondary N) is 1. The number of nitrogens with zero attached hydrogens (tertiary/aromatic N) is 1. The van der Waals surface area contributed by atoms with E-state index in [1.807, 2.05) is 19.9 Å². The fourth-order valence-electron chi connectivity index (χ4n) is 3.07. The molecule has 1 rings (SSSR count). The molecule has 0 saturated carbocycles. The molecule has 1 atom stereocenters. The summed E-state index contributed by atoms with van der Waals surface area (Å²) in [4.78, 5) is 16.9. The first-order chi connectivity index (χ1) is 14.2. The first kappa shape index (κ1) is 26.7. The topological polar surface area (TPSA) is 123 Å². The fourth-order valence-corrected chi connectivity index (χ4v) is 4.50. The van der Waals surface area contributed by atoms with Gasteiger partial charge in [-0.3, -0.25) is 9.79 Å². The van der Waals surface area contributed by atoms with Gasteiger partial charge in [0.05, 0.1) is 27.6 Å². The summed E-state index contributed by atoms with van der Waals surface area (Å²) in [6, 6.07) is 1.98. The predicted octanol–water partition coefficient (Wildman–Crippen LogP) is 3.41. The van der Waals surface area contributed by atoms with Crippen molar-refractivity contribution >= 4 is 43.7 Å². The maximum absolute atomic E-state index is 13.0. The SMILES string of the molecule is CCCOc1c(Br)cc(CC(CC)(CO)C(=O)NCCCCN=C(N)N)c(C)c1Br. The van der Waals surface area contributed by atoms with Crippen molar-refractivity contribution < 1.29 is 14.6 Å². The van der Waals surface area contributed by atoms with E-state index in [0.29, 0.717) is 32.5 Å². The van der Waals surface area contributed by atoms with E-state index in [0.717, 1.165) is 45.1 Å². The van der Waals surface area contributed by atoms with Crippen LogP contribution in [0, 0.1) is 12.3 Å². The predicted molar refractivity (Wildman–Crippen MR) is 129 cm³/mol. The van der Waals surface area contributed by atoms with Gasteiger partial charge in [-0.2, -0.15) is 0 Å². The minimum Gasteiger partial charge on any atom is -0.491 e. The van der Waals surface area contributed by atoms with Crippen molar-refractivity contribution in [2.45, 2.75) is 52.9 Å². The third kappa shape index (κ3) is 7.42. The lowest BCUT2D eigenvalue weighted by Gasteiger charge is -2.30. The Morgan fingerprint density at radius 2 is 2.00 bits per heavy atom. The van der Waals surface area contributed by atoms with Gasteiger partial charge in [0, 0.05) is 13.1 Å². The number of unbranched alkanes of at least 4 members (excludes halogenated alkanes) is 1. The molecule has 30 heavy (non-hydrogen) atoms. The number of halogens is 2. The molecule has 1 amide bonds. The van der Waals surface area contributed by atoms with Crippen LogP contribution in [0.2, 0.25) is 0 Å². The highest BCUT2D eigenvalue weighted by molar-refractivity contribution is 9.11. The van der Waals surface area contributed by atoms with Crippen LogP contribution in [-0.4, -0.2) is 43.3 Å². The van der Waals surface area contributed by atoms with Crippen molar-refractivity contribution in [2.75, 3.05) is 26.3 Å². The van der Waals surface area contributed by atoms with Gasteiger partial charge in [-0.25, -0.2) is 0 Å². The molecule has 1 unspecified atom stereocenters. The fraction of sp³-hybridized carbons (Fsp3) is 0.619. The third-order valence-corrected chi connectivity index (χ3v) is 6.68. The normalized spacial score (nSPS) is 12.9. The number of aliphatic hydroxyl groups excluding tert-OH is 1. The Hall–Kier alpha value is -1.32. The van der Waals surface area contributed by atoms with Crippen molar-refractivity contribution in [3.8, 4) is 5.75 Å². The first-order valence-corrected chi connectivity index (χ1v) is 11.9. The van der Waals surface area contributed by atoms with Crippen LogP contribution in [-0.2, 0) is 11.2 Å². The lowest BCUT2D eigenvalue weighted by molar-refractivity contribution is -0.133. The van der Waals surface area contributed by atoms with E-state index < -0.39 is 5.41 Å². The summed E-state index contributed by atoms with van der Waals surface area (Å²) in [6.07, 6.45) is 3.39. The van der Waals surface area contributed by atoms with Crippen LogP contribution in [0.4, 0.5) is 0 Å². The van der Waals surface area contributed by atoms with E-state index in [2.05, 4.69) is 49.1 Å². The summed E-state index contributed by atoms with van der Waals surface area (Å²) in [5, 5.41) is 13.1. The van der Waals surface area contributed by atoms with Crippen molar-refractivity contribution in [1.29, 1.82) is 0 Å². The zero-order valence-electron chi connectivity index (χ0n) is 18.1. The van der Waals surface area contributed by atoms with E-state index in [1.165, 1.54) is 0 Å². The summed E-state index contributed by atoms with van der Waals surface area (Å²) in [5.41, 5.74) is 11.7. The molecule has 0 saturated heterocycles. The Morgan fingerprint density at radius 1 is 1.30 bits per heavy atom. The van der Waals surface area contributed by atoms with Crippen molar-refractivity contribution in [1.82, 2.24) is 5.32 Å². The second-order valence-corrected chi connectivity index (χ2v) is 9.02. The van der Waals surface area contributed by atoms with E-state index in [1.54, 1.807) is 0 Å². The maximum atomic E-state index is 13.0. The molecule has 1 aromatic rings. The van der Waals surface area contributed by atoms with E-state index in [-0.39, 0.29) is 18.5 Å². The average molecular weight is 550 g/mol. The van der Waals surface area contributed by atoms with Crippen molar-refractivity contribution in [3.63, 3.8) is 0 Å². The molecule has 0 fully saturated rings. The van der Waals surface area contributed by atoms with Gasteiger partial charge in [0.15, 0.2) is 5.96 Å². The lowest BCUT2D eigenvalue weighted by atomic mass is 9.78. The second kappa shape index (κ2) is 13.2. The molecule has 6 N–H and O–H groups in total. The molecule has 7 nitrogen and oxygen atoms in total. The minimum absolute atomic E-state index is 0.0723.